The van der Waals surface area contributed by atoms with Crippen LogP contribution in [0.4, 0.5) is 5.69 Å². The zero-order valence-corrected chi connectivity index (χ0v) is 24.0. The summed E-state index contributed by atoms with van der Waals surface area (Å²) in [5, 5.41) is 16.9. The van der Waals surface area contributed by atoms with Crippen molar-refractivity contribution in [2.24, 2.45) is 5.41 Å². The Kier molecular flexibility index (Phi) is 7.24. The smallest absolute Gasteiger partial charge is 0.238 e. The quantitative estimate of drug-likeness (QED) is 0.299. The summed E-state index contributed by atoms with van der Waals surface area (Å²) < 4.78 is 7.00. The van der Waals surface area contributed by atoms with Gasteiger partial charge >= 0.3 is 0 Å². The summed E-state index contributed by atoms with van der Waals surface area (Å²) in [6.45, 7) is 3.97. The largest absolute Gasteiger partial charge is 0.493 e. The van der Waals surface area contributed by atoms with Crippen LogP contribution in [0.3, 0.4) is 0 Å². The van der Waals surface area contributed by atoms with Crippen LogP contribution in [0.25, 0.3) is 0 Å². The number of anilines is 1. The second-order valence-corrected chi connectivity index (χ2v) is 12.4. The highest BCUT2D eigenvalue weighted by molar-refractivity contribution is 9.10. The zero-order chi connectivity index (χ0) is 27.2. The molecule has 3 N–H and O–H groups in total. The van der Waals surface area contributed by atoms with E-state index in [1.54, 1.807) is 18.2 Å². The van der Waals surface area contributed by atoms with Crippen LogP contribution in [0.2, 0.25) is 10.0 Å². The number of halogens is 3. The third-order valence-corrected chi connectivity index (χ3v) is 8.29. The molecular formula is C29H27BrCl2N2O4. The molecule has 2 aliphatic heterocycles. The number of benzene rings is 3. The first kappa shape index (κ1) is 27.0. The number of rotatable bonds is 6. The Morgan fingerprint density at radius 2 is 1.84 bits per heavy atom. The molecule has 5 rings (SSSR count). The van der Waals surface area contributed by atoms with Crippen LogP contribution in [0.15, 0.2) is 65.1 Å². The molecule has 38 heavy (non-hydrogen) atoms. The van der Waals surface area contributed by atoms with Gasteiger partial charge in [0.2, 0.25) is 11.8 Å². The van der Waals surface area contributed by atoms with Gasteiger partial charge in [-0.2, -0.15) is 0 Å². The van der Waals surface area contributed by atoms with Gasteiger partial charge in [0.1, 0.15) is 11.2 Å². The molecule has 2 aliphatic rings. The number of hydrogen-bond acceptors (Lipinski definition) is 4. The third kappa shape index (κ3) is 4.70. The molecule has 0 unspecified atom stereocenters. The monoisotopic (exact) mass is 616 g/mol. The van der Waals surface area contributed by atoms with Crippen LogP contribution in [0, 0.1) is 5.41 Å². The van der Waals surface area contributed by atoms with Crippen LogP contribution < -0.4 is 15.4 Å². The molecule has 198 valence electrons. The number of carbonyl (C=O) groups excluding carboxylic acids is 2. The van der Waals surface area contributed by atoms with Gasteiger partial charge < -0.3 is 20.5 Å². The van der Waals surface area contributed by atoms with E-state index in [9.17, 15) is 14.7 Å². The van der Waals surface area contributed by atoms with E-state index >= 15 is 0 Å². The van der Waals surface area contributed by atoms with Crippen molar-refractivity contribution in [3.05, 3.63) is 91.9 Å². The maximum absolute atomic E-state index is 14.2. The third-order valence-electron chi connectivity index (χ3n) is 7.33. The van der Waals surface area contributed by atoms with Crippen LogP contribution in [0.1, 0.15) is 48.9 Å². The molecule has 3 aromatic carbocycles. The summed E-state index contributed by atoms with van der Waals surface area (Å²) in [6.07, 6.45) is 0.0913. The van der Waals surface area contributed by atoms with Crippen LogP contribution in [-0.2, 0) is 15.0 Å². The Bertz CT molecular complexity index is 1430. The fraction of sp³-hybridized carbons (Fsp3) is 0.310. The lowest BCUT2D eigenvalue weighted by atomic mass is 9.59. The van der Waals surface area contributed by atoms with Gasteiger partial charge in [-0.25, -0.2) is 0 Å². The van der Waals surface area contributed by atoms with Gasteiger partial charge in [0, 0.05) is 43.5 Å². The van der Waals surface area contributed by atoms with Crippen molar-refractivity contribution in [1.82, 2.24) is 5.32 Å². The van der Waals surface area contributed by atoms with Crippen LogP contribution in [-0.4, -0.2) is 30.1 Å². The Morgan fingerprint density at radius 1 is 1.08 bits per heavy atom. The summed E-state index contributed by atoms with van der Waals surface area (Å²) in [6, 6.07) is 17.4. The summed E-state index contributed by atoms with van der Waals surface area (Å²) in [5.74, 6) is -0.446. The molecule has 3 aromatic rings. The lowest BCUT2D eigenvalue weighted by Crippen LogP contribution is -2.57. The minimum Gasteiger partial charge on any atom is -0.493 e. The van der Waals surface area contributed by atoms with Gasteiger partial charge in [0.25, 0.3) is 0 Å². The Hall–Kier alpha value is -2.58. The van der Waals surface area contributed by atoms with Crippen molar-refractivity contribution in [3.63, 3.8) is 0 Å². The summed E-state index contributed by atoms with van der Waals surface area (Å²) in [4.78, 5) is 27.5. The van der Waals surface area contributed by atoms with E-state index in [-0.39, 0.29) is 31.4 Å². The fourth-order valence-electron chi connectivity index (χ4n) is 5.46. The number of fused-ring (bicyclic) bond motifs is 2. The topological polar surface area (TPSA) is 87.7 Å². The molecule has 0 aliphatic carbocycles. The highest BCUT2D eigenvalue weighted by Gasteiger charge is 2.61. The fourth-order valence-corrected chi connectivity index (χ4v) is 6.21. The molecule has 0 aromatic heterocycles. The zero-order valence-electron chi connectivity index (χ0n) is 20.9. The molecule has 9 heteroatoms. The number of carbonyl (C=O) groups is 2. The molecular weight excluding hydrogens is 591 g/mol. The Morgan fingerprint density at radius 3 is 2.58 bits per heavy atom. The molecule has 0 bridgehead atoms. The van der Waals surface area contributed by atoms with Gasteiger partial charge in [-0.3, -0.25) is 9.59 Å². The Balaban J connectivity index is 1.75. The number of piperidine rings is 1. The van der Waals surface area contributed by atoms with Gasteiger partial charge in [-0.05, 0) is 53.6 Å². The lowest BCUT2D eigenvalue weighted by molar-refractivity contribution is -0.131. The number of hydrogen-bond donors (Lipinski definition) is 3. The average molecular weight is 618 g/mol. The van der Waals surface area contributed by atoms with Gasteiger partial charge in [0.15, 0.2) is 0 Å². The standard InChI is InChI=1S/C29H27BrCl2N2O4/c1-28(2,14-35)15-38-24-9-6-17(30)11-20(24)26-29(21-8-7-19(32)12-23(21)33-27(29)37)22(13-25(36)34-26)16-4-3-5-18(31)10-16/h3-12,22,26,35H,13-15H2,1-2H3,(H,33,37)(H,34,36)/t22-,26+,29-/m1/s1. The van der Waals surface area contributed by atoms with E-state index in [1.807, 2.05) is 56.3 Å². The van der Waals surface area contributed by atoms with Crippen molar-refractivity contribution in [2.45, 2.75) is 37.6 Å². The minimum atomic E-state index is -1.22. The second kappa shape index (κ2) is 10.2. The summed E-state index contributed by atoms with van der Waals surface area (Å²) in [5.41, 5.74) is 1.07. The second-order valence-electron chi connectivity index (χ2n) is 10.6. The molecule has 2 heterocycles. The van der Waals surface area contributed by atoms with E-state index in [2.05, 4.69) is 26.6 Å². The average Bonchev–Trinajstić information content (AvgIpc) is 3.15. The first-order valence-corrected chi connectivity index (χ1v) is 13.8. The summed E-state index contributed by atoms with van der Waals surface area (Å²) >= 11 is 16.3. The molecule has 1 fully saturated rings. The van der Waals surface area contributed by atoms with E-state index in [0.29, 0.717) is 27.0 Å². The highest BCUT2D eigenvalue weighted by atomic mass is 79.9. The number of nitrogens with one attached hydrogen (secondary N) is 2. The van der Waals surface area contributed by atoms with Gasteiger partial charge in [-0.15, -0.1) is 0 Å². The SMILES string of the molecule is CC(C)(CO)COc1ccc(Br)cc1[C@@H]1NC(=O)C[C@H](c2cccc(Cl)c2)[C@@]12C(=O)Nc1cc(Cl)ccc12. The van der Waals surface area contributed by atoms with E-state index in [1.165, 1.54) is 0 Å². The van der Waals surface area contributed by atoms with E-state index in [4.69, 9.17) is 27.9 Å². The minimum absolute atomic E-state index is 0.0592. The van der Waals surface area contributed by atoms with Gasteiger partial charge in [-0.1, -0.05) is 71.2 Å². The first-order valence-electron chi connectivity index (χ1n) is 12.2. The number of aliphatic hydroxyl groups excluding tert-OH is 1. The first-order chi connectivity index (χ1) is 18.0. The van der Waals surface area contributed by atoms with Crippen molar-refractivity contribution < 1.29 is 19.4 Å². The summed E-state index contributed by atoms with van der Waals surface area (Å²) in [7, 11) is 0. The molecule has 0 saturated carbocycles. The van der Waals surface area contributed by atoms with E-state index < -0.39 is 22.8 Å². The number of aliphatic hydroxyl groups is 1. The molecule has 1 saturated heterocycles. The predicted octanol–water partition coefficient (Wildman–Crippen LogP) is 6.39. The van der Waals surface area contributed by atoms with Crippen molar-refractivity contribution >= 4 is 56.6 Å². The van der Waals surface area contributed by atoms with Crippen molar-refractivity contribution in [1.29, 1.82) is 0 Å². The Labute approximate surface area is 239 Å². The maximum atomic E-state index is 14.2. The van der Waals surface area contributed by atoms with Crippen LogP contribution in [0.5, 0.6) is 5.75 Å². The van der Waals surface area contributed by atoms with Crippen molar-refractivity contribution in [3.8, 4) is 5.75 Å². The lowest BCUT2D eigenvalue weighted by Gasteiger charge is -2.46. The molecule has 2 amide bonds. The number of amides is 2. The van der Waals surface area contributed by atoms with Crippen LogP contribution >= 0.6 is 39.1 Å². The normalized spacial score (nSPS) is 22.7. The molecule has 1 spiro atoms. The van der Waals surface area contributed by atoms with Crippen molar-refractivity contribution in [2.75, 3.05) is 18.5 Å². The van der Waals surface area contributed by atoms with Gasteiger partial charge in [0.05, 0.1) is 19.3 Å². The molecule has 3 atom stereocenters. The maximum Gasteiger partial charge on any atom is 0.238 e. The highest BCUT2D eigenvalue weighted by Crippen LogP contribution is 2.58. The molecule has 0 radical (unpaired) electrons. The predicted molar refractivity (Wildman–Crippen MR) is 152 cm³/mol. The van der Waals surface area contributed by atoms with E-state index in [0.717, 1.165) is 15.6 Å². The molecule has 6 nitrogen and oxygen atoms in total. The number of ether oxygens (including phenoxy) is 1.